The molecule has 8 heteroatoms. The highest BCUT2D eigenvalue weighted by Gasteiger charge is 2.25. The van der Waals surface area contributed by atoms with Crippen LogP contribution in [0.15, 0.2) is 36.5 Å². The number of benzene rings is 1. The number of hydrogen-bond acceptors (Lipinski definition) is 5. The maximum Gasteiger partial charge on any atom is 0.356 e. The summed E-state index contributed by atoms with van der Waals surface area (Å²) in [7, 11) is -1.87. The number of aromatic nitrogens is 1. The van der Waals surface area contributed by atoms with E-state index in [1.807, 2.05) is 30.3 Å². The van der Waals surface area contributed by atoms with Gasteiger partial charge < -0.3 is 10.1 Å². The minimum Gasteiger partial charge on any atom is -0.456 e. The Morgan fingerprint density at radius 2 is 1.96 bits per heavy atom. The minimum absolute atomic E-state index is 0.0422. The lowest BCUT2D eigenvalue weighted by atomic mass is 10.1. The van der Waals surface area contributed by atoms with Gasteiger partial charge in [-0.05, 0) is 30.7 Å². The van der Waals surface area contributed by atoms with Crippen molar-refractivity contribution >= 4 is 34.4 Å². The third-order valence-corrected chi connectivity index (χ3v) is 5.37. The zero-order chi connectivity index (χ0) is 17.0. The molecule has 124 valence electrons. The molecule has 0 saturated carbocycles. The van der Waals surface area contributed by atoms with Crippen LogP contribution >= 0.6 is 21.2 Å². The van der Waals surface area contributed by atoms with Gasteiger partial charge in [0.25, 0.3) is 7.19 Å². The van der Waals surface area contributed by atoms with Crippen molar-refractivity contribution in [3.63, 3.8) is 0 Å². The zero-order valence-corrected chi connectivity index (χ0v) is 15.7. The summed E-state index contributed by atoms with van der Waals surface area (Å²) in [6.45, 7) is 2.26. The Balaban J connectivity index is 2.31. The molecule has 0 spiro atoms. The van der Waals surface area contributed by atoms with Gasteiger partial charge in [0.05, 0.1) is 21.2 Å². The maximum atomic E-state index is 12.4. The minimum atomic E-state index is -3.62. The van der Waals surface area contributed by atoms with Crippen LogP contribution in [0.5, 0.6) is 0 Å². The van der Waals surface area contributed by atoms with Crippen LogP contribution in [0, 0.1) is 6.92 Å². The summed E-state index contributed by atoms with van der Waals surface area (Å²) >= 11 is 1.31. The number of nitrogens with one attached hydrogen (secondary N) is 1. The first kappa shape index (κ1) is 18.0. The van der Waals surface area contributed by atoms with E-state index in [1.165, 1.54) is 27.4 Å². The van der Waals surface area contributed by atoms with E-state index in [4.69, 9.17) is 4.74 Å². The smallest absolute Gasteiger partial charge is 0.356 e. The van der Waals surface area contributed by atoms with Crippen molar-refractivity contribution in [2.75, 3.05) is 7.05 Å². The summed E-state index contributed by atoms with van der Waals surface area (Å²) in [5.74, 6) is -0.658. The molecule has 0 unspecified atom stereocenters. The second-order valence-corrected chi connectivity index (χ2v) is 9.51. The lowest BCUT2D eigenvalue weighted by Gasteiger charge is -2.08. The van der Waals surface area contributed by atoms with E-state index in [2.05, 4.69) is 5.32 Å². The Bertz CT molecular complexity index is 800. The van der Waals surface area contributed by atoms with Crippen LogP contribution in [0.1, 0.15) is 27.2 Å². The number of halogens is 1. The summed E-state index contributed by atoms with van der Waals surface area (Å²) in [6, 6.07) is 9.23. The van der Waals surface area contributed by atoms with Gasteiger partial charge in [-0.2, -0.15) is 8.42 Å². The third kappa shape index (κ3) is 4.33. The van der Waals surface area contributed by atoms with Crippen molar-refractivity contribution in [2.45, 2.75) is 20.1 Å². The zero-order valence-electron chi connectivity index (χ0n) is 12.7. The number of carbonyl (C=O) groups excluding carboxylic acids is 1. The van der Waals surface area contributed by atoms with Crippen LogP contribution in [0.3, 0.4) is 0 Å². The monoisotopic (exact) mass is 448 g/mol. The van der Waals surface area contributed by atoms with Gasteiger partial charge in [0.15, 0.2) is 0 Å². The first-order valence-corrected chi connectivity index (χ1v) is 10.8. The molecule has 2 aromatic rings. The van der Waals surface area contributed by atoms with Crippen molar-refractivity contribution in [3.05, 3.63) is 58.9 Å². The van der Waals surface area contributed by atoms with E-state index < -0.39 is 13.2 Å². The van der Waals surface area contributed by atoms with Crippen LogP contribution in [-0.4, -0.2) is 25.4 Å². The summed E-state index contributed by atoms with van der Waals surface area (Å²) in [4.78, 5) is 12.4. The number of nitrogens with zero attached hydrogens (tertiary/aromatic N) is 1. The molecule has 0 radical (unpaired) electrons. The van der Waals surface area contributed by atoms with Gasteiger partial charge in [-0.3, -0.25) is 0 Å². The van der Waals surface area contributed by atoms with E-state index in [9.17, 15) is 13.2 Å². The fourth-order valence-corrected chi connectivity index (χ4v) is 3.81. The molecule has 23 heavy (non-hydrogen) atoms. The van der Waals surface area contributed by atoms with Crippen molar-refractivity contribution < 1.29 is 17.9 Å². The summed E-state index contributed by atoms with van der Waals surface area (Å²) in [5.41, 5.74) is 2.21. The second-order valence-electron chi connectivity index (χ2n) is 4.96. The van der Waals surface area contributed by atoms with Gasteiger partial charge in [0, 0.05) is 12.7 Å². The summed E-state index contributed by atoms with van der Waals surface area (Å²) in [5, 5.41) is 2.95. The normalized spacial score (nSPS) is 11.4. The topological polar surface area (TPSA) is 77.4 Å². The number of hydrogen-bond donors (Lipinski definition) is 1. The van der Waals surface area contributed by atoms with E-state index in [0.717, 1.165) is 15.1 Å². The molecule has 2 rings (SSSR count). The molecule has 0 aliphatic rings. The Kier molecular flexibility index (Phi) is 5.82. The van der Waals surface area contributed by atoms with Crippen molar-refractivity contribution in [3.8, 4) is 0 Å². The maximum absolute atomic E-state index is 12.4. The van der Waals surface area contributed by atoms with Gasteiger partial charge in [-0.25, -0.2) is 8.77 Å². The average molecular weight is 448 g/mol. The van der Waals surface area contributed by atoms with Crippen LogP contribution in [0.2, 0.25) is 0 Å². The third-order valence-electron chi connectivity index (χ3n) is 3.34. The van der Waals surface area contributed by atoms with Gasteiger partial charge in [0.2, 0.25) is 0 Å². The predicted octanol–water partition coefficient (Wildman–Crippen LogP) is 2.40. The molecule has 1 aromatic heterocycles. The molecule has 0 atom stereocenters. The van der Waals surface area contributed by atoms with Crippen LogP contribution in [0.25, 0.3) is 0 Å². The molecule has 1 aromatic carbocycles. The summed E-state index contributed by atoms with van der Waals surface area (Å²) < 4.78 is 30.1. The van der Waals surface area contributed by atoms with E-state index in [1.54, 1.807) is 14.0 Å². The van der Waals surface area contributed by atoms with Crippen LogP contribution < -0.4 is 5.32 Å². The van der Waals surface area contributed by atoms with E-state index >= 15 is 0 Å². The van der Waals surface area contributed by atoms with Crippen molar-refractivity contribution in [1.29, 1.82) is 0 Å². The highest BCUT2D eigenvalue weighted by molar-refractivity contribution is 14.2. The average Bonchev–Trinajstić information content (AvgIpc) is 2.84. The molecular weight excluding hydrogens is 431 g/mol. The largest absolute Gasteiger partial charge is 0.456 e. The van der Waals surface area contributed by atoms with Crippen LogP contribution in [-0.2, 0) is 25.1 Å². The van der Waals surface area contributed by atoms with Crippen molar-refractivity contribution in [1.82, 2.24) is 9.29 Å². The SMILES string of the molecule is CNCc1cn(S(=O)(=O)I)c(C(=O)OCc2ccccc2)c1C. The number of rotatable bonds is 6. The number of ether oxygens (including phenoxy) is 1. The first-order valence-electron chi connectivity index (χ1n) is 6.86. The fraction of sp³-hybridized carbons (Fsp3) is 0.267. The quantitative estimate of drug-likeness (QED) is 0.417. The lowest BCUT2D eigenvalue weighted by Crippen LogP contribution is -2.16. The Hall–Kier alpha value is -1.39. The standard InChI is InChI=1S/C15H17IN2O4S/c1-11-13(8-17-2)9-18(23(16,20)21)14(11)15(19)22-10-12-6-4-3-5-7-12/h3-7,9,17H,8,10H2,1-2H3. The molecule has 1 heterocycles. The van der Waals surface area contributed by atoms with Gasteiger partial charge >= 0.3 is 5.97 Å². The molecule has 0 amide bonds. The predicted molar refractivity (Wildman–Crippen MR) is 95.8 cm³/mol. The number of carbonyl (C=O) groups is 1. The van der Waals surface area contributed by atoms with Gasteiger partial charge in [-0.15, -0.1) is 0 Å². The van der Waals surface area contributed by atoms with E-state index in [0.29, 0.717) is 12.1 Å². The van der Waals surface area contributed by atoms with Crippen LogP contribution in [0.4, 0.5) is 0 Å². The molecule has 0 aliphatic heterocycles. The second kappa shape index (κ2) is 7.45. The van der Waals surface area contributed by atoms with E-state index in [-0.39, 0.29) is 12.3 Å². The molecular formula is C15H17IN2O4S. The highest BCUT2D eigenvalue weighted by Crippen LogP contribution is 2.23. The molecule has 0 bridgehead atoms. The molecule has 0 fully saturated rings. The van der Waals surface area contributed by atoms with Gasteiger partial charge in [-0.1, -0.05) is 30.3 Å². The fourth-order valence-electron chi connectivity index (χ4n) is 2.20. The molecule has 6 nitrogen and oxygen atoms in total. The molecule has 0 saturated heterocycles. The first-order chi connectivity index (χ1) is 10.8. The Morgan fingerprint density at radius 3 is 2.52 bits per heavy atom. The molecule has 0 aliphatic carbocycles. The summed E-state index contributed by atoms with van der Waals surface area (Å²) in [6.07, 6.45) is 1.45. The Labute approximate surface area is 147 Å². The lowest BCUT2D eigenvalue weighted by molar-refractivity contribution is 0.0463. The van der Waals surface area contributed by atoms with Crippen molar-refractivity contribution in [2.24, 2.45) is 0 Å². The van der Waals surface area contributed by atoms with Gasteiger partial charge in [0.1, 0.15) is 12.3 Å². The molecule has 1 N–H and O–H groups in total. The number of esters is 1. The highest BCUT2D eigenvalue weighted by atomic mass is 127. The Morgan fingerprint density at radius 1 is 1.30 bits per heavy atom.